The maximum Gasteiger partial charge on any atom is 0.433 e. The van der Waals surface area contributed by atoms with E-state index in [1.807, 2.05) is 23.5 Å². The number of nitrogens with zero attached hydrogens (tertiary/aromatic N) is 4. The molecule has 0 unspecified atom stereocenters. The summed E-state index contributed by atoms with van der Waals surface area (Å²) in [6, 6.07) is 2.22. The first-order valence-corrected chi connectivity index (χ1v) is 6.91. The van der Waals surface area contributed by atoms with Crippen molar-refractivity contribution < 1.29 is 13.2 Å². The lowest BCUT2D eigenvalue weighted by atomic mass is 9.49. The Kier molecular flexibility index (Phi) is 4.74. The Morgan fingerprint density at radius 2 is 1.70 bits per heavy atom. The monoisotopic (exact) mass is 340 g/mol. The molecule has 0 aliphatic heterocycles. The molecule has 0 bridgehead atoms. The van der Waals surface area contributed by atoms with Crippen molar-refractivity contribution in [1.29, 1.82) is 0 Å². The van der Waals surface area contributed by atoms with Crippen molar-refractivity contribution in [3.05, 3.63) is 29.3 Å². The summed E-state index contributed by atoms with van der Waals surface area (Å²) >= 11 is 5.81. The Morgan fingerprint density at radius 1 is 1.04 bits per heavy atom. The quantitative estimate of drug-likeness (QED) is 0.738. The van der Waals surface area contributed by atoms with Crippen molar-refractivity contribution in [2.75, 3.05) is 10.6 Å². The van der Waals surface area contributed by atoms with Gasteiger partial charge in [-0.2, -0.15) is 28.1 Å². The molecule has 2 heterocycles. The van der Waals surface area contributed by atoms with Crippen LogP contribution in [0, 0.1) is 0 Å². The van der Waals surface area contributed by atoms with Crippen LogP contribution >= 0.6 is 11.6 Å². The number of hydrogen-bond donors (Lipinski definition) is 2. The largest absolute Gasteiger partial charge is 0.433 e. The van der Waals surface area contributed by atoms with E-state index in [2.05, 4.69) is 30.6 Å². The molecule has 0 spiro atoms. The molecular formula is C10H11B3ClF3N6. The molecule has 0 aliphatic carbocycles. The minimum absolute atomic E-state index is 0.0241. The average Bonchev–Trinajstić information content (AvgIpc) is 2.35. The van der Waals surface area contributed by atoms with E-state index in [0.29, 0.717) is 0 Å². The van der Waals surface area contributed by atoms with Crippen molar-refractivity contribution >= 4 is 52.7 Å². The second kappa shape index (κ2) is 6.27. The highest BCUT2D eigenvalue weighted by Gasteiger charge is 2.32. The third-order valence-corrected chi connectivity index (χ3v) is 2.57. The van der Waals surface area contributed by atoms with Crippen molar-refractivity contribution in [1.82, 2.24) is 19.9 Å². The van der Waals surface area contributed by atoms with Crippen LogP contribution in [-0.4, -0.2) is 48.7 Å². The second-order valence-electron chi connectivity index (χ2n) is 5.68. The van der Waals surface area contributed by atoms with Gasteiger partial charge in [0.15, 0.2) is 0 Å². The molecule has 0 aliphatic rings. The topological polar surface area (TPSA) is 75.6 Å². The summed E-state index contributed by atoms with van der Waals surface area (Å²) in [4.78, 5) is 15.1. The number of halogens is 4. The number of nitrogens with one attached hydrogen (secondary N) is 2. The van der Waals surface area contributed by atoms with Gasteiger partial charge in [-0.15, -0.1) is 0 Å². The lowest BCUT2D eigenvalue weighted by Crippen LogP contribution is -2.40. The van der Waals surface area contributed by atoms with Crippen molar-refractivity contribution in [2.45, 2.75) is 11.4 Å². The maximum absolute atomic E-state index is 12.7. The Bertz CT molecular complexity index is 709. The zero-order valence-electron chi connectivity index (χ0n) is 12.5. The summed E-state index contributed by atoms with van der Waals surface area (Å²) < 4.78 is 38.0. The Hall–Kier alpha value is -1.97. The van der Waals surface area contributed by atoms with Gasteiger partial charge in [-0.3, -0.25) is 4.98 Å². The van der Waals surface area contributed by atoms with Gasteiger partial charge in [0.1, 0.15) is 29.2 Å². The van der Waals surface area contributed by atoms with Crippen LogP contribution in [0.5, 0.6) is 0 Å². The summed E-state index contributed by atoms with van der Waals surface area (Å²) in [6.45, 7) is 0. The van der Waals surface area contributed by atoms with E-state index >= 15 is 0 Å². The second-order valence-corrected chi connectivity index (χ2v) is 6.02. The van der Waals surface area contributed by atoms with Crippen molar-refractivity contribution in [3.8, 4) is 0 Å². The standard InChI is InChI=1S/C10H11B3ClF3N6/c11-10(12,13)23-8-21-6(14)20-7(22-8)19-4-1-2-18-5(3-4)9(15,16)17/h1-3H,11-13H2,(H2,18,19,20,21,22,23). The molecule has 0 aromatic carbocycles. The third kappa shape index (κ3) is 5.31. The van der Waals surface area contributed by atoms with E-state index in [0.717, 1.165) is 12.3 Å². The SMILES string of the molecule is BC(B)(B)Nc1nc(Cl)nc(Nc2ccnc(C(F)(F)F)c2)n1. The Morgan fingerprint density at radius 3 is 2.30 bits per heavy atom. The van der Waals surface area contributed by atoms with Gasteiger partial charge in [-0.1, -0.05) is 0 Å². The first-order chi connectivity index (χ1) is 10.5. The van der Waals surface area contributed by atoms with Gasteiger partial charge in [0.2, 0.25) is 17.2 Å². The fourth-order valence-corrected chi connectivity index (χ4v) is 1.75. The first-order valence-electron chi connectivity index (χ1n) is 6.53. The Labute approximate surface area is 137 Å². The summed E-state index contributed by atoms with van der Waals surface area (Å²) in [5.74, 6) is 0.237. The highest BCUT2D eigenvalue weighted by atomic mass is 35.5. The molecule has 2 rings (SSSR count). The number of aromatic nitrogens is 4. The lowest BCUT2D eigenvalue weighted by molar-refractivity contribution is -0.141. The van der Waals surface area contributed by atoms with Crippen molar-refractivity contribution in [3.63, 3.8) is 0 Å². The molecule has 118 valence electrons. The van der Waals surface area contributed by atoms with Gasteiger partial charge < -0.3 is 10.6 Å². The molecule has 0 saturated heterocycles. The third-order valence-electron chi connectivity index (χ3n) is 2.40. The first kappa shape index (κ1) is 17.4. The predicted molar refractivity (Wildman–Crippen MR) is 89.3 cm³/mol. The lowest BCUT2D eigenvalue weighted by Gasteiger charge is -2.20. The van der Waals surface area contributed by atoms with E-state index in [1.165, 1.54) is 6.07 Å². The van der Waals surface area contributed by atoms with Crippen LogP contribution in [0.1, 0.15) is 5.69 Å². The summed E-state index contributed by atoms with van der Waals surface area (Å²) in [5, 5.41) is 5.26. The molecule has 0 atom stereocenters. The van der Waals surface area contributed by atoms with Gasteiger partial charge >= 0.3 is 6.18 Å². The zero-order chi connectivity index (χ0) is 17.3. The molecular weight excluding hydrogens is 329 g/mol. The van der Waals surface area contributed by atoms with E-state index in [9.17, 15) is 13.2 Å². The molecule has 0 amide bonds. The average molecular weight is 340 g/mol. The summed E-state index contributed by atoms with van der Waals surface area (Å²) in [6.07, 6.45) is -3.49. The van der Waals surface area contributed by atoms with Crippen LogP contribution in [-0.2, 0) is 6.18 Å². The molecule has 13 heteroatoms. The van der Waals surface area contributed by atoms with Crippen LogP contribution in [0.3, 0.4) is 0 Å². The van der Waals surface area contributed by atoms with Crippen LogP contribution in [0.4, 0.5) is 30.8 Å². The minimum Gasteiger partial charge on any atom is -0.372 e. The van der Waals surface area contributed by atoms with Gasteiger partial charge in [0.25, 0.3) is 0 Å². The van der Waals surface area contributed by atoms with Crippen LogP contribution in [0.25, 0.3) is 0 Å². The van der Waals surface area contributed by atoms with Gasteiger partial charge in [0, 0.05) is 11.9 Å². The zero-order valence-corrected chi connectivity index (χ0v) is 13.3. The maximum atomic E-state index is 12.7. The van der Waals surface area contributed by atoms with Gasteiger partial charge in [0.05, 0.1) is 0 Å². The van der Waals surface area contributed by atoms with E-state index in [-0.39, 0.29) is 28.1 Å². The fourth-order valence-electron chi connectivity index (χ4n) is 1.59. The normalized spacial score (nSPS) is 12.0. The van der Waals surface area contributed by atoms with E-state index in [4.69, 9.17) is 11.6 Å². The summed E-state index contributed by atoms with van der Waals surface area (Å²) in [5.41, 5.74) is -0.882. The van der Waals surface area contributed by atoms with Gasteiger partial charge in [-0.25, -0.2) is 0 Å². The van der Waals surface area contributed by atoms with E-state index in [1.54, 1.807) is 0 Å². The van der Waals surface area contributed by atoms with Crippen LogP contribution in [0.15, 0.2) is 18.3 Å². The number of rotatable bonds is 4. The smallest absolute Gasteiger partial charge is 0.372 e. The highest BCUT2D eigenvalue weighted by Crippen LogP contribution is 2.29. The molecule has 2 aromatic rings. The number of pyridine rings is 1. The fraction of sp³-hybridized carbons (Fsp3) is 0.200. The molecule has 2 aromatic heterocycles. The number of anilines is 3. The Balaban J connectivity index is 2.27. The molecule has 0 saturated carbocycles. The molecule has 23 heavy (non-hydrogen) atoms. The molecule has 6 nitrogen and oxygen atoms in total. The van der Waals surface area contributed by atoms with E-state index < -0.39 is 11.9 Å². The van der Waals surface area contributed by atoms with Crippen LogP contribution < -0.4 is 10.6 Å². The van der Waals surface area contributed by atoms with Crippen molar-refractivity contribution in [2.24, 2.45) is 0 Å². The van der Waals surface area contributed by atoms with Gasteiger partial charge in [-0.05, 0) is 29.0 Å². The molecule has 0 fully saturated rings. The molecule has 2 N–H and O–H groups in total. The minimum atomic E-state index is -4.53. The van der Waals surface area contributed by atoms with Crippen LogP contribution in [0.2, 0.25) is 5.28 Å². The number of hydrogen-bond acceptors (Lipinski definition) is 6. The number of alkyl halides is 3. The summed E-state index contributed by atoms with van der Waals surface area (Å²) in [7, 11) is 5.70. The predicted octanol–water partition coefficient (Wildman–Crippen LogP) is -0.395. The molecule has 0 radical (unpaired) electrons. The highest BCUT2D eigenvalue weighted by molar-refractivity contribution is 6.60.